The lowest BCUT2D eigenvalue weighted by Gasteiger charge is -2.19. The molecule has 2 aromatic heterocycles. The monoisotopic (exact) mass is 508 g/mol. The Hall–Kier alpha value is -4.03. The minimum atomic E-state index is -0.904. The Morgan fingerprint density at radius 1 is 1.19 bits per heavy atom. The number of esters is 2. The molecule has 0 radical (unpaired) electrons. The zero-order valence-electron chi connectivity index (χ0n) is 21.7. The number of carbonyl (C=O) groups is 2. The highest BCUT2D eigenvalue weighted by Crippen LogP contribution is 2.30. The third kappa shape index (κ3) is 6.22. The zero-order valence-corrected chi connectivity index (χ0v) is 21.7. The highest BCUT2D eigenvalue weighted by atomic mass is 19.1. The summed E-state index contributed by atoms with van der Waals surface area (Å²) in [6, 6.07) is 6.03. The normalized spacial score (nSPS) is 11.1. The number of halogens is 1. The number of aromatic nitrogens is 2. The van der Waals surface area contributed by atoms with Gasteiger partial charge < -0.3 is 18.8 Å². The second-order valence-corrected chi connectivity index (χ2v) is 9.35. The van der Waals surface area contributed by atoms with Crippen LogP contribution in [-0.2, 0) is 27.7 Å². The van der Waals surface area contributed by atoms with E-state index >= 15 is 0 Å². The van der Waals surface area contributed by atoms with Crippen LogP contribution < -0.4 is 10.3 Å². The van der Waals surface area contributed by atoms with E-state index in [9.17, 15) is 18.8 Å². The van der Waals surface area contributed by atoms with E-state index in [1.807, 2.05) is 0 Å². The Labute approximate surface area is 214 Å². The standard InChI is InChI=1S/C28H29FN2O6/c1-7-36-26(33)22-24(37-27(34)28(2,3)4)23-21(31(5)25(22)32)14-17(16-30-23)13-19-10-11-20(29)15-18(19)9-8-12-35-6/h10-11,14-16H,7,12-13H2,1-6H3. The summed E-state index contributed by atoms with van der Waals surface area (Å²) in [5.41, 5.74) is 0.468. The van der Waals surface area contributed by atoms with Crippen LogP contribution in [0.4, 0.5) is 4.39 Å². The molecular formula is C28H29FN2O6. The van der Waals surface area contributed by atoms with Crippen LogP contribution in [0.1, 0.15) is 54.7 Å². The molecule has 0 aliphatic carbocycles. The fourth-order valence-corrected chi connectivity index (χ4v) is 3.49. The number of nitrogens with zero attached hydrogens (tertiary/aromatic N) is 2. The van der Waals surface area contributed by atoms with Gasteiger partial charge in [0.15, 0.2) is 11.3 Å². The van der Waals surface area contributed by atoms with E-state index in [0.29, 0.717) is 23.1 Å². The van der Waals surface area contributed by atoms with E-state index in [-0.39, 0.29) is 24.5 Å². The molecule has 37 heavy (non-hydrogen) atoms. The maximum atomic E-state index is 13.9. The van der Waals surface area contributed by atoms with Crippen LogP contribution in [0.15, 0.2) is 35.3 Å². The predicted molar refractivity (Wildman–Crippen MR) is 136 cm³/mol. The van der Waals surface area contributed by atoms with Crippen LogP contribution in [0, 0.1) is 23.1 Å². The summed E-state index contributed by atoms with van der Waals surface area (Å²) in [6.45, 7) is 6.82. The number of carbonyl (C=O) groups excluding carboxylic acids is 2. The first kappa shape index (κ1) is 27.6. The highest BCUT2D eigenvalue weighted by molar-refractivity contribution is 6.00. The molecule has 0 bridgehead atoms. The first-order valence-corrected chi connectivity index (χ1v) is 11.6. The summed E-state index contributed by atoms with van der Waals surface area (Å²) in [6.07, 6.45) is 1.89. The smallest absolute Gasteiger partial charge is 0.347 e. The summed E-state index contributed by atoms with van der Waals surface area (Å²) in [5, 5.41) is 0. The van der Waals surface area contributed by atoms with E-state index in [4.69, 9.17) is 14.2 Å². The van der Waals surface area contributed by atoms with Gasteiger partial charge in [-0.15, -0.1) is 0 Å². The molecule has 3 aromatic rings. The largest absolute Gasteiger partial charge is 0.462 e. The number of hydrogen-bond acceptors (Lipinski definition) is 7. The average molecular weight is 509 g/mol. The predicted octanol–water partition coefficient (Wildman–Crippen LogP) is 3.79. The van der Waals surface area contributed by atoms with Crippen molar-refractivity contribution in [2.45, 2.75) is 34.1 Å². The molecule has 0 fully saturated rings. The Bertz CT molecular complexity index is 1470. The number of hydrogen-bond donors (Lipinski definition) is 0. The molecule has 0 unspecified atom stereocenters. The molecule has 3 rings (SSSR count). The van der Waals surface area contributed by atoms with Gasteiger partial charge in [-0.25, -0.2) is 9.18 Å². The summed E-state index contributed by atoms with van der Waals surface area (Å²) >= 11 is 0. The molecule has 194 valence electrons. The zero-order chi connectivity index (χ0) is 27.3. The van der Waals surface area contributed by atoms with Crippen LogP contribution in [0.25, 0.3) is 11.0 Å². The molecule has 2 heterocycles. The van der Waals surface area contributed by atoms with Crippen LogP contribution >= 0.6 is 0 Å². The lowest BCUT2D eigenvalue weighted by atomic mass is 9.97. The second-order valence-electron chi connectivity index (χ2n) is 9.35. The van der Waals surface area contributed by atoms with Crippen LogP contribution in [0.5, 0.6) is 5.75 Å². The van der Waals surface area contributed by atoms with Gasteiger partial charge in [-0.3, -0.25) is 14.6 Å². The maximum absolute atomic E-state index is 13.9. The molecule has 0 atom stereocenters. The van der Waals surface area contributed by atoms with E-state index in [2.05, 4.69) is 16.8 Å². The van der Waals surface area contributed by atoms with Crippen LogP contribution in [-0.4, -0.2) is 41.8 Å². The fraction of sp³-hybridized carbons (Fsp3) is 0.357. The van der Waals surface area contributed by atoms with Gasteiger partial charge in [0.2, 0.25) is 0 Å². The third-order valence-corrected chi connectivity index (χ3v) is 5.44. The SMILES string of the molecule is CCOC(=O)c1c(OC(=O)C(C)(C)C)c2ncc(Cc3ccc(F)cc3C#CCOC)cc2n(C)c1=O. The fourth-order valence-electron chi connectivity index (χ4n) is 3.49. The number of methoxy groups -OCH3 is 1. The molecular weight excluding hydrogens is 479 g/mol. The Morgan fingerprint density at radius 2 is 1.92 bits per heavy atom. The van der Waals surface area contributed by atoms with Gasteiger partial charge >= 0.3 is 11.9 Å². The molecule has 0 N–H and O–H groups in total. The third-order valence-electron chi connectivity index (χ3n) is 5.44. The van der Waals surface area contributed by atoms with Crippen molar-refractivity contribution < 1.29 is 28.2 Å². The van der Waals surface area contributed by atoms with Crippen molar-refractivity contribution in [3.63, 3.8) is 0 Å². The van der Waals surface area contributed by atoms with Crippen LogP contribution in [0.3, 0.4) is 0 Å². The van der Waals surface area contributed by atoms with E-state index in [0.717, 1.165) is 5.56 Å². The molecule has 0 saturated heterocycles. The quantitative estimate of drug-likeness (QED) is 0.369. The lowest BCUT2D eigenvalue weighted by molar-refractivity contribution is -0.142. The summed E-state index contributed by atoms with van der Waals surface area (Å²) in [5.74, 6) is 3.54. The second kappa shape index (κ2) is 11.4. The maximum Gasteiger partial charge on any atom is 0.347 e. The molecule has 0 aliphatic heterocycles. The number of fused-ring (bicyclic) bond motifs is 1. The van der Waals surface area contributed by atoms with Crippen molar-refractivity contribution in [1.29, 1.82) is 0 Å². The van der Waals surface area contributed by atoms with Gasteiger partial charge in [0.1, 0.15) is 17.9 Å². The Kier molecular flexibility index (Phi) is 8.46. The van der Waals surface area contributed by atoms with Gasteiger partial charge in [-0.05, 0) is 57.0 Å². The van der Waals surface area contributed by atoms with E-state index < -0.39 is 34.3 Å². The number of ether oxygens (including phenoxy) is 3. The van der Waals surface area contributed by atoms with Crippen molar-refractivity contribution in [3.8, 4) is 17.6 Å². The van der Waals surface area contributed by atoms with Crippen molar-refractivity contribution in [1.82, 2.24) is 9.55 Å². The molecule has 9 heteroatoms. The van der Waals surface area contributed by atoms with E-state index in [1.54, 1.807) is 46.0 Å². The van der Waals surface area contributed by atoms with E-state index in [1.165, 1.54) is 30.9 Å². The van der Waals surface area contributed by atoms with Crippen molar-refractivity contribution in [2.75, 3.05) is 20.3 Å². The van der Waals surface area contributed by atoms with Gasteiger partial charge in [-0.1, -0.05) is 17.9 Å². The minimum absolute atomic E-state index is 0.0341. The molecule has 0 amide bonds. The Balaban J connectivity index is 2.17. The average Bonchev–Trinajstić information content (AvgIpc) is 2.83. The number of benzene rings is 1. The van der Waals surface area contributed by atoms with Gasteiger partial charge in [-0.2, -0.15) is 0 Å². The number of rotatable bonds is 6. The number of pyridine rings is 2. The summed E-state index contributed by atoms with van der Waals surface area (Å²) in [7, 11) is 3.01. The van der Waals surface area contributed by atoms with Gasteiger partial charge in [0, 0.05) is 32.3 Å². The molecule has 1 aromatic carbocycles. The first-order chi connectivity index (χ1) is 17.5. The lowest BCUT2D eigenvalue weighted by Crippen LogP contribution is -2.31. The van der Waals surface area contributed by atoms with Crippen molar-refractivity contribution in [3.05, 3.63) is 68.9 Å². The number of aryl methyl sites for hydroxylation is 1. The summed E-state index contributed by atoms with van der Waals surface area (Å²) in [4.78, 5) is 43.1. The molecule has 0 saturated carbocycles. The minimum Gasteiger partial charge on any atom is -0.462 e. The molecule has 0 aliphatic rings. The summed E-state index contributed by atoms with van der Waals surface area (Å²) < 4.78 is 30.7. The molecule has 8 nitrogen and oxygen atoms in total. The van der Waals surface area contributed by atoms with Crippen molar-refractivity contribution in [2.24, 2.45) is 12.5 Å². The van der Waals surface area contributed by atoms with Gasteiger partial charge in [0.25, 0.3) is 5.56 Å². The van der Waals surface area contributed by atoms with Gasteiger partial charge in [0.05, 0.1) is 17.5 Å². The highest BCUT2D eigenvalue weighted by Gasteiger charge is 2.31. The Morgan fingerprint density at radius 3 is 2.57 bits per heavy atom. The molecule has 0 spiro atoms. The first-order valence-electron chi connectivity index (χ1n) is 11.6. The topological polar surface area (TPSA) is 96.7 Å². The van der Waals surface area contributed by atoms with Crippen LogP contribution in [0.2, 0.25) is 0 Å². The van der Waals surface area contributed by atoms with Crippen molar-refractivity contribution >= 4 is 23.0 Å².